The van der Waals surface area contributed by atoms with Gasteiger partial charge in [0.15, 0.2) is 0 Å². The summed E-state index contributed by atoms with van der Waals surface area (Å²) in [6.45, 7) is 8.56. The van der Waals surface area contributed by atoms with Crippen LogP contribution in [-0.4, -0.2) is 56.9 Å². The highest BCUT2D eigenvalue weighted by atomic mass is 16.6. The molecule has 0 bridgehead atoms. The molecular weight excluding hydrogens is 384 g/mol. The summed E-state index contributed by atoms with van der Waals surface area (Å²) >= 11 is 0. The van der Waals surface area contributed by atoms with Crippen LogP contribution in [0.15, 0.2) is 30.5 Å². The lowest BCUT2D eigenvalue weighted by Gasteiger charge is -2.35. The van der Waals surface area contributed by atoms with Crippen molar-refractivity contribution in [2.75, 3.05) is 31.1 Å². The number of nitro benzene ring substituents is 1. The van der Waals surface area contributed by atoms with E-state index in [1.54, 1.807) is 17.2 Å². The van der Waals surface area contributed by atoms with Crippen molar-refractivity contribution in [1.82, 2.24) is 19.9 Å². The van der Waals surface area contributed by atoms with E-state index in [1.165, 1.54) is 12.1 Å². The molecule has 3 aromatic rings. The number of H-pyrrole nitrogens is 1. The molecule has 30 heavy (non-hydrogen) atoms. The number of rotatable bonds is 4. The molecule has 0 saturated carbocycles. The van der Waals surface area contributed by atoms with Gasteiger partial charge in [-0.1, -0.05) is 13.8 Å². The summed E-state index contributed by atoms with van der Waals surface area (Å²) in [6, 6.07) is 6.49. The predicted molar refractivity (Wildman–Crippen MR) is 114 cm³/mol. The molecule has 9 nitrogen and oxygen atoms in total. The summed E-state index contributed by atoms with van der Waals surface area (Å²) in [5, 5.41) is 11.7. The minimum Gasteiger partial charge on any atom is -0.360 e. The number of aromatic nitrogens is 3. The fourth-order valence-corrected chi connectivity index (χ4v) is 3.70. The highest BCUT2D eigenvalue weighted by molar-refractivity contribution is 6.07. The van der Waals surface area contributed by atoms with E-state index in [1.807, 2.05) is 13.0 Å². The van der Waals surface area contributed by atoms with Gasteiger partial charge in [-0.3, -0.25) is 14.9 Å². The van der Waals surface area contributed by atoms with Crippen molar-refractivity contribution in [1.29, 1.82) is 0 Å². The zero-order valence-electron chi connectivity index (χ0n) is 17.3. The molecule has 1 amide bonds. The van der Waals surface area contributed by atoms with Crippen molar-refractivity contribution in [3.8, 4) is 0 Å². The number of nitrogens with zero attached hydrogens (tertiary/aromatic N) is 5. The normalized spacial score (nSPS) is 14.5. The summed E-state index contributed by atoms with van der Waals surface area (Å²) in [5.41, 5.74) is 2.08. The maximum absolute atomic E-state index is 13.1. The van der Waals surface area contributed by atoms with Crippen LogP contribution in [0.3, 0.4) is 0 Å². The Kier molecular flexibility index (Phi) is 5.11. The van der Waals surface area contributed by atoms with Crippen molar-refractivity contribution in [2.45, 2.75) is 26.7 Å². The van der Waals surface area contributed by atoms with E-state index in [4.69, 9.17) is 0 Å². The number of aryl methyl sites for hydroxylation is 1. The molecule has 1 saturated heterocycles. The van der Waals surface area contributed by atoms with Crippen LogP contribution in [0.25, 0.3) is 10.9 Å². The highest BCUT2D eigenvalue weighted by Crippen LogP contribution is 2.25. The number of piperazine rings is 1. The van der Waals surface area contributed by atoms with E-state index >= 15 is 0 Å². The number of hydrogen-bond acceptors (Lipinski definition) is 6. The van der Waals surface area contributed by atoms with Crippen molar-refractivity contribution in [2.24, 2.45) is 0 Å². The second-order valence-electron chi connectivity index (χ2n) is 7.85. The van der Waals surface area contributed by atoms with Crippen molar-refractivity contribution in [3.63, 3.8) is 0 Å². The Labute approximate surface area is 173 Å². The first-order chi connectivity index (χ1) is 14.3. The van der Waals surface area contributed by atoms with Crippen LogP contribution >= 0.6 is 0 Å². The molecular formula is C21H24N6O3. The van der Waals surface area contributed by atoms with Gasteiger partial charge in [0, 0.05) is 73.1 Å². The lowest BCUT2D eigenvalue weighted by Crippen LogP contribution is -2.49. The number of anilines is 1. The maximum atomic E-state index is 13.1. The summed E-state index contributed by atoms with van der Waals surface area (Å²) < 4.78 is 0. The van der Waals surface area contributed by atoms with E-state index in [-0.39, 0.29) is 17.5 Å². The van der Waals surface area contributed by atoms with E-state index in [0.29, 0.717) is 42.6 Å². The number of amides is 1. The van der Waals surface area contributed by atoms with Gasteiger partial charge in [0.25, 0.3) is 11.6 Å². The van der Waals surface area contributed by atoms with Crippen molar-refractivity contribution < 1.29 is 9.72 Å². The first-order valence-corrected chi connectivity index (χ1v) is 9.99. The number of aromatic amines is 1. The molecule has 3 heterocycles. The average Bonchev–Trinajstić information content (AvgIpc) is 3.16. The largest absolute Gasteiger partial charge is 0.360 e. The fourth-order valence-electron chi connectivity index (χ4n) is 3.70. The van der Waals surface area contributed by atoms with Gasteiger partial charge in [0.2, 0.25) is 0 Å². The summed E-state index contributed by atoms with van der Waals surface area (Å²) in [7, 11) is 0. The number of benzene rings is 1. The minimum atomic E-state index is -0.450. The Hall–Kier alpha value is -3.49. The smallest absolute Gasteiger partial charge is 0.270 e. The predicted octanol–water partition coefficient (Wildman–Crippen LogP) is 3.26. The molecule has 0 aliphatic carbocycles. The monoisotopic (exact) mass is 408 g/mol. The third-order valence-electron chi connectivity index (χ3n) is 5.37. The SMILES string of the molecule is Cc1cc(N2CCN(C(=O)c3c[nH]c4ccc([N+](=O)[O-])cc34)CC2)nc(C(C)C)n1. The van der Waals surface area contributed by atoms with Crippen LogP contribution < -0.4 is 4.90 Å². The first-order valence-electron chi connectivity index (χ1n) is 9.99. The summed E-state index contributed by atoms with van der Waals surface area (Å²) in [6.07, 6.45) is 1.63. The van der Waals surface area contributed by atoms with Gasteiger partial charge in [-0.05, 0) is 13.0 Å². The van der Waals surface area contributed by atoms with E-state index in [0.717, 1.165) is 17.3 Å². The van der Waals surface area contributed by atoms with E-state index in [2.05, 4.69) is 33.7 Å². The van der Waals surface area contributed by atoms with Gasteiger partial charge in [0.05, 0.1) is 10.5 Å². The molecule has 2 aromatic heterocycles. The zero-order chi connectivity index (χ0) is 21.4. The number of nitrogens with one attached hydrogen (secondary N) is 1. The molecule has 0 unspecified atom stereocenters. The van der Waals surface area contributed by atoms with Gasteiger partial charge >= 0.3 is 0 Å². The number of hydrogen-bond donors (Lipinski definition) is 1. The number of nitro groups is 1. The molecule has 156 valence electrons. The second kappa shape index (κ2) is 7.74. The van der Waals surface area contributed by atoms with Crippen LogP contribution in [0, 0.1) is 17.0 Å². The number of carbonyl (C=O) groups excluding carboxylic acids is 1. The number of fused-ring (bicyclic) bond motifs is 1. The molecule has 1 aliphatic rings. The van der Waals surface area contributed by atoms with Crippen LogP contribution in [0.1, 0.15) is 41.6 Å². The van der Waals surface area contributed by atoms with Gasteiger partial charge in [-0.25, -0.2) is 9.97 Å². The number of carbonyl (C=O) groups is 1. The zero-order valence-corrected chi connectivity index (χ0v) is 17.3. The molecule has 1 N–H and O–H groups in total. The molecule has 1 aromatic carbocycles. The van der Waals surface area contributed by atoms with Crippen LogP contribution in [0.5, 0.6) is 0 Å². The fraction of sp³-hybridized carbons (Fsp3) is 0.381. The Morgan fingerprint density at radius 3 is 2.57 bits per heavy atom. The lowest BCUT2D eigenvalue weighted by molar-refractivity contribution is -0.384. The maximum Gasteiger partial charge on any atom is 0.270 e. The Morgan fingerprint density at radius 2 is 1.90 bits per heavy atom. The summed E-state index contributed by atoms with van der Waals surface area (Å²) in [4.78, 5) is 39.9. The topological polar surface area (TPSA) is 108 Å². The van der Waals surface area contributed by atoms with Crippen LogP contribution in [0.2, 0.25) is 0 Å². The van der Waals surface area contributed by atoms with Crippen molar-refractivity contribution >= 4 is 28.3 Å². The highest BCUT2D eigenvalue weighted by Gasteiger charge is 2.26. The van der Waals surface area contributed by atoms with Crippen molar-refractivity contribution in [3.05, 3.63) is 57.7 Å². The second-order valence-corrected chi connectivity index (χ2v) is 7.85. The minimum absolute atomic E-state index is 0.0268. The third-order valence-corrected chi connectivity index (χ3v) is 5.37. The summed E-state index contributed by atoms with van der Waals surface area (Å²) in [5.74, 6) is 1.84. The molecule has 9 heteroatoms. The van der Waals surface area contributed by atoms with Gasteiger partial charge < -0.3 is 14.8 Å². The average molecular weight is 408 g/mol. The van der Waals surface area contributed by atoms with Gasteiger partial charge in [-0.15, -0.1) is 0 Å². The Balaban J connectivity index is 1.51. The molecule has 1 aliphatic heterocycles. The number of non-ortho nitro benzene ring substituents is 1. The quantitative estimate of drug-likeness (QED) is 0.524. The van der Waals surface area contributed by atoms with E-state index in [9.17, 15) is 14.9 Å². The van der Waals surface area contributed by atoms with Gasteiger partial charge in [0.1, 0.15) is 11.6 Å². The third kappa shape index (κ3) is 3.70. The van der Waals surface area contributed by atoms with Gasteiger partial charge in [-0.2, -0.15) is 0 Å². The standard InChI is InChI=1S/C21H24N6O3/c1-13(2)20-23-14(3)10-19(24-20)25-6-8-26(9-7-25)21(28)17-12-22-18-5-4-15(27(29)30)11-16(17)18/h4-5,10-13,22H,6-9H2,1-3H3. The van der Waals surface area contributed by atoms with Crippen LogP contribution in [-0.2, 0) is 0 Å². The first kappa shape index (κ1) is 19.8. The van der Waals surface area contributed by atoms with E-state index < -0.39 is 4.92 Å². The molecule has 1 fully saturated rings. The molecule has 0 radical (unpaired) electrons. The Morgan fingerprint density at radius 1 is 1.17 bits per heavy atom. The molecule has 0 atom stereocenters. The lowest BCUT2D eigenvalue weighted by atomic mass is 10.1. The van der Waals surface area contributed by atoms with Crippen LogP contribution in [0.4, 0.5) is 11.5 Å². The Bertz CT molecular complexity index is 1120. The molecule has 4 rings (SSSR count). The molecule has 0 spiro atoms.